The van der Waals surface area contributed by atoms with E-state index in [9.17, 15) is 4.39 Å². The smallest absolute Gasteiger partial charge is 0.127 e. The van der Waals surface area contributed by atoms with E-state index >= 15 is 0 Å². The molecular formula is C13H11FN2S2. The van der Waals surface area contributed by atoms with Gasteiger partial charge in [0.25, 0.3) is 0 Å². The van der Waals surface area contributed by atoms with Crippen molar-refractivity contribution in [3.63, 3.8) is 0 Å². The summed E-state index contributed by atoms with van der Waals surface area (Å²) < 4.78 is 14.0. The molecule has 92 valence electrons. The van der Waals surface area contributed by atoms with Crippen molar-refractivity contribution in [2.45, 2.75) is 13.8 Å². The normalized spacial score (nSPS) is 11.3. The Bertz CT molecular complexity index is 743. The van der Waals surface area contributed by atoms with Crippen LogP contribution in [-0.2, 0) is 0 Å². The van der Waals surface area contributed by atoms with Crippen LogP contribution in [0.2, 0.25) is 0 Å². The molecule has 0 fully saturated rings. The second-order valence-corrected chi connectivity index (χ2v) is 6.44. The summed E-state index contributed by atoms with van der Waals surface area (Å²) in [6.45, 7) is 4.09. The summed E-state index contributed by atoms with van der Waals surface area (Å²) in [5.41, 5.74) is 9.02. The number of hydrogen-bond acceptors (Lipinski definition) is 4. The van der Waals surface area contributed by atoms with Crippen molar-refractivity contribution in [2.24, 2.45) is 0 Å². The van der Waals surface area contributed by atoms with Crippen LogP contribution in [0.1, 0.15) is 10.4 Å². The summed E-state index contributed by atoms with van der Waals surface area (Å²) in [6.07, 6.45) is 0. The molecule has 0 aliphatic rings. The first kappa shape index (κ1) is 11.6. The number of hydrogen-bond donors (Lipinski definition) is 1. The van der Waals surface area contributed by atoms with Crippen molar-refractivity contribution in [1.82, 2.24) is 4.98 Å². The molecule has 2 heterocycles. The van der Waals surface area contributed by atoms with Gasteiger partial charge in [-0.05, 0) is 37.6 Å². The lowest BCUT2D eigenvalue weighted by Crippen LogP contribution is -1.85. The summed E-state index contributed by atoms with van der Waals surface area (Å²) >= 11 is 3.06. The number of halogens is 1. The van der Waals surface area contributed by atoms with Gasteiger partial charge in [-0.25, -0.2) is 9.37 Å². The Balaban J connectivity index is 2.25. The van der Waals surface area contributed by atoms with Gasteiger partial charge in [-0.3, -0.25) is 0 Å². The van der Waals surface area contributed by atoms with Crippen LogP contribution in [0.25, 0.3) is 20.8 Å². The highest BCUT2D eigenvalue weighted by atomic mass is 32.1. The highest BCUT2D eigenvalue weighted by molar-refractivity contribution is 7.22. The Morgan fingerprint density at radius 2 is 2.00 bits per heavy atom. The zero-order valence-electron chi connectivity index (χ0n) is 9.95. The Labute approximate surface area is 112 Å². The van der Waals surface area contributed by atoms with Gasteiger partial charge in [0, 0.05) is 10.4 Å². The minimum absolute atomic E-state index is 0.233. The molecule has 0 aliphatic carbocycles. The molecule has 5 heteroatoms. The molecule has 2 nitrogen and oxygen atoms in total. The molecule has 0 aliphatic heterocycles. The fourth-order valence-electron chi connectivity index (χ4n) is 1.92. The highest BCUT2D eigenvalue weighted by Crippen LogP contribution is 2.41. The Morgan fingerprint density at radius 3 is 2.67 bits per heavy atom. The average molecular weight is 278 g/mol. The summed E-state index contributed by atoms with van der Waals surface area (Å²) in [5, 5.41) is 1.65. The van der Waals surface area contributed by atoms with Crippen molar-refractivity contribution in [2.75, 3.05) is 5.73 Å². The van der Waals surface area contributed by atoms with Gasteiger partial charge in [0.2, 0.25) is 0 Å². The standard InChI is InChI=1S/C13H11FN2S2/c1-6-7(2)17-12(15)11(6)13-16-9-4-3-8(14)5-10(9)18-13/h3-5H,15H2,1-2H3. The fourth-order valence-corrected chi connectivity index (χ4v) is 4.03. The second-order valence-electron chi connectivity index (χ2n) is 4.15. The first-order valence-corrected chi connectivity index (χ1v) is 7.11. The molecule has 18 heavy (non-hydrogen) atoms. The van der Waals surface area contributed by atoms with Crippen molar-refractivity contribution in [3.05, 3.63) is 34.5 Å². The molecule has 0 radical (unpaired) electrons. The predicted octanol–water partition coefficient (Wildman–Crippen LogP) is 4.36. The maximum atomic E-state index is 13.2. The third kappa shape index (κ3) is 1.71. The Morgan fingerprint density at radius 1 is 1.22 bits per heavy atom. The largest absolute Gasteiger partial charge is 0.390 e. The van der Waals surface area contributed by atoms with E-state index in [1.165, 1.54) is 28.3 Å². The second kappa shape index (κ2) is 4.03. The molecule has 3 aromatic rings. The van der Waals surface area contributed by atoms with Gasteiger partial charge in [0.15, 0.2) is 0 Å². The lowest BCUT2D eigenvalue weighted by atomic mass is 10.2. The summed E-state index contributed by atoms with van der Waals surface area (Å²) in [6, 6.07) is 4.65. The van der Waals surface area contributed by atoms with Crippen LogP contribution in [0.4, 0.5) is 9.39 Å². The van der Waals surface area contributed by atoms with E-state index in [-0.39, 0.29) is 5.82 Å². The van der Waals surface area contributed by atoms with Crippen LogP contribution in [0.15, 0.2) is 18.2 Å². The Hall–Kier alpha value is -1.46. The molecule has 2 aromatic heterocycles. The number of rotatable bonds is 1. The van der Waals surface area contributed by atoms with E-state index in [1.54, 1.807) is 17.4 Å². The van der Waals surface area contributed by atoms with Crippen LogP contribution in [-0.4, -0.2) is 4.98 Å². The van der Waals surface area contributed by atoms with E-state index in [0.29, 0.717) is 0 Å². The Kier molecular flexibility index (Phi) is 2.60. The third-order valence-corrected chi connectivity index (χ3v) is 5.05. The number of fused-ring (bicyclic) bond motifs is 1. The molecule has 0 amide bonds. The van der Waals surface area contributed by atoms with Crippen molar-refractivity contribution < 1.29 is 4.39 Å². The number of nitrogens with two attached hydrogens (primary N) is 1. The summed E-state index contributed by atoms with van der Waals surface area (Å²) in [4.78, 5) is 5.74. The first-order valence-electron chi connectivity index (χ1n) is 5.48. The number of nitrogens with zero attached hydrogens (tertiary/aromatic N) is 1. The van der Waals surface area contributed by atoms with Crippen LogP contribution < -0.4 is 5.73 Å². The van der Waals surface area contributed by atoms with Gasteiger partial charge < -0.3 is 5.73 Å². The highest BCUT2D eigenvalue weighted by Gasteiger charge is 2.16. The lowest BCUT2D eigenvalue weighted by molar-refractivity contribution is 0.630. The minimum atomic E-state index is -0.233. The number of nitrogen functional groups attached to an aromatic ring is 1. The van der Waals surface area contributed by atoms with Gasteiger partial charge in [-0.1, -0.05) is 0 Å². The molecule has 0 spiro atoms. The molecule has 0 atom stereocenters. The quantitative estimate of drug-likeness (QED) is 0.718. The zero-order valence-corrected chi connectivity index (χ0v) is 11.6. The fraction of sp³-hybridized carbons (Fsp3) is 0.154. The van der Waals surface area contributed by atoms with Crippen molar-refractivity contribution in [3.8, 4) is 10.6 Å². The average Bonchev–Trinajstić information content (AvgIpc) is 2.80. The van der Waals surface area contributed by atoms with Crippen LogP contribution in [0.3, 0.4) is 0 Å². The third-order valence-electron chi connectivity index (χ3n) is 2.98. The van der Waals surface area contributed by atoms with Crippen LogP contribution in [0, 0.1) is 19.7 Å². The molecular weight excluding hydrogens is 267 g/mol. The topological polar surface area (TPSA) is 38.9 Å². The van der Waals surface area contributed by atoms with E-state index in [1.807, 2.05) is 13.8 Å². The zero-order chi connectivity index (χ0) is 12.9. The molecule has 0 unspecified atom stereocenters. The summed E-state index contributed by atoms with van der Waals surface area (Å²) in [5.74, 6) is -0.233. The van der Waals surface area contributed by atoms with Crippen LogP contribution in [0.5, 0.6) is 0 Å². The van der Waals surface area contributed by atoms with E-state index in [0.717, 1.165) is 31.4 Å². The first-order chi connectivity index (χ1) is 8.56. The molecule has 3 rings (SSSR count). The van der Waals surface area contributed by atoms with Crippen molar-refractivity contribution in [1.29, 1.82) is 0 Å². The molecule has 0 saturated carbocycles. The number of aryl methyl sites for hydroxylation is 1. The lowest BCUT2D eigenvalue weighted by Gasteiger charge is -1.96. The number of thiazole rings is 1. The van der Waals surface area contributed by atoms with E-state index in [2.05, 4.69) is 4.98 Å². The van der Waals surface area contributed by atoms with Gasteiger partial charge in [0.1, 0.15) is 10.8 Å². The minimum Gasteiger partial charge on any atom is -0.390 e. The monoisotopic (exact) mass is 278 g/mol. The SMILES string of the molecule is Cc1sc(N)c(-c2nc3ccc(F)cc3s2)c1C. The van der Waals surface area contributed by atoms with Gasteiger partial charge in [0.05, 0.1) is 15.2 Å². The number of aromatic nitrogens is 1. The van der Waals surface area contributed by atoms with E-state index < -0.39 is 0 Å². The molecule has 1 aromatic carbocycles. The van der Waals surface area contributed by atoms with E-state index in [4.69, 9.17) is 5.73 Å². The van der Waals surface area contributed by atoms with Crippen molar-refractivity contribution >= 4 is 37.9 Å². The molecule has 2 N–H and O–H groups in total. The maximum absolute atomic E-state index is 13.2. The number of anilines is 1. The van der Waals surface area contributed by atoms with Gasteiger partial charge in [-0.15, -0.1) is 22.7 Å². The molecule has 0 bridgehead atoms. The maximum Gasteiger partial charge on any atom is 0.127 e. The summed E-state index contributed by atoms with van der Waals surface area (Å²) in [7, 11) is 0. The number of thiophene rings is 1. The number of benzene rings is 1. The molecule has 0 saturated heterocycles. The van der Waals surface area contributed by atoms with Gasteiger partial charge in [-0.2, -0.15) is 0 Å². The predicted molar refractivity (Wildman–Crippen MR) is 76.8 cm³/mol. The van der Waals surface area contributed by atoms with Crippen LogP contribution >= 0.6 is 22.7 Å². The van der Waals surface area contributed by atoms with Gasteiger partial charge >= 0.3 is 0 Å².